The molecule has 0 aromatic heterocycles. The molecule has 1 aliphatic carbocycles. The van der Waals surface area contributed by atoms with Crippen molar-refractivity contribution in [3.05, 3.63) is 0 Å². The summed E-state index contributed by atoms with van der Waals surface area (Å²) in [5, 5.41) is 3.44. The molecule has 4 nitrogen and oxygen atoms in total. The third-order valence-corrected chi connectivity index (χ3v) is 5.13. The van der Waals surface area contributed by atoms with Crippen LogP contribution in [0.1, 0.15) is 39.0 Å². The fraction of sp³-hybridized carbons (Fsp3) is 1.00. The predicted molar refractivity (Wildman–Crippen MR) is 64.8 cm³/mol. The maximum absolute atomic E-state index is 11.8. The molecular formula is C11H22N2O2S. The van der Waals surface area contributed by atoms with Gasteiger partial charge in [0, 0.05) is 12.1 Å². The first-order chi connectivity index (χ1) is 7.59. The molecule has 2 rings (SSSR count). The van der Waals surface area contributed by atoms with Gasteiger partial charge in [0.1, 0.15) is 0 Å². The Morgan fingerprint density at radius 2 is 2.12 bits per heavy atom. The highest BCUT2D eigenvalue weighted by Gasteiger charge is 2.35. The summed E-state index contributed by atoms with van der Waals surface area (Å²) in [5.41, 5.74) is 0. The van der Waals surface area contributed by atoms with Crippen LogP contribution >= 0.6 is 0 Å². The van der Waals surface area contributed by atoms with Gasteiger partial charge < -0.3 is 5.32 Å². The SMILES string of the molecule is CCCCS(=O)(=O)NC1CC2CNC(C2)C1. The normalized spacial score (nSPS) is 34.2. The third-order valence-electron chi connectivity index (χ3n) is 3.61. The van der Waals surface area contributed by atoms with Crippen molar-refractivity contribution in [1.29, 1.82) is 0 Å². The summed E-state index contributed by atoms with van der Waals surface area (Å²) in [6.45, 7) is 3.08. The van der Waals surface area contributed by atoms with Crippen molar-refractivity contribution in [2.45, 2.75) is 51.1 Å². The Hall–Kier alpha value is -0.130. The van der Waals surface area contributed by atoms with Crippen LogP contribution in [0.15, 0.2) is 0 Å². The molecule has 1 heterocycles. The summed E-state index contributed by atoms with van der Waals surface area (Å²) in [7, 11) is -3.04. The van der Waals surface area contributed by atoms with Gasteiger partial charge in [-0.3, -0.25) is 0 Å². The minimum Gasteiger partial charge on any atom is -0.314 e. The molecule has 0 aromatic carbocycles. The van der Waals surface area contributed by atoms with Gasteiger partial charge in [-0.05, 0) is 38.1 Å². The quantitative estimate of drug-likeness (QED) is 0.756. The summed E-state index contributed by atoms with van der Waals surface area (Å²) >= 11 is 0. The molecule has 0 radical (unpaired) electrons. The minimum absolute atomic E-state index is 0.167. The average molecular weight is 246 g/mol. The van der Waals surface area contributed by atoms with E-state index in [4.69, 9.17) is 0 Å². The van der Waals surface area contributed by atoms with Gasteiger partial charge in [-0.2, -0.15) is 0 Å². The fourth-order valence-corrected chi connectivity index (χ4v) is 4.33. The van der Waals surface area contributed by atoms with Crippen molar-refractivity contribution in [3.8, 4) is 0 Å². The van der Waals surface area contributed by atoms with E-state index in [1.807, 2.05) is 6.92 Å². The smallest absolute Gasteiger partial charge is 0.211 e. The Morgan fingerprint density at radius 1 is 1.31 bits per heavy atom. The summed E-state index contributed by atoms with van der Waals surface area (Å²) < 4.78 is 26.4. The van der Waals surface area contributed by atoms with Crippen LogP contribution in [-0.2, 0) is 10.0 Å². The second-order valence-corrected chi connectivity index (χ2v) is 7.04. The first-order valence-electron chi connectivity index (χ1n) is 6.32. The third kappa shape index (κ3) is 3.18. The van der Waals surface area contributed by atoms with Crippen molar-refractivity contribution in [3.63, 3.8) is 0 Å². The lowest BCUT2D eigenvalue weighted by molar-refractivity contribution is 0.345. The number of unbranched alkanes of at least 4 members (excludes halogenated alkanes) is 1. The lowest BCUT2D eigenvalue weighted by Gasteiger charge is -2.27. The lowest BCUT2D eigenvalue weighted by Crippen LogP contribution is -2.42. The minimum atomic E-state index is -3.04. The van der Waals surface area contributed by atoms with Gasteiger partial charge in [-0.1, -0.05) is 13.3 Å². The van der Waals surface area contributed by atoms with Crippen molar-refractivity contribution < 1.29 is 8.42 Å². The van der Waals surface area contributed by atoms with E-state index in [-0.39, 0.29) is 11.8 Å². The van der Waals surface area contributed by atoms with Crippen LogP contribution in [0, 0.1) is 5.92 Å². The summed E-state index contributed by atoms with van der Waals surface area (Å²) in [5.74, 6) is 0.959. The van der Waals surface area contributed by atoms with E-state index in [1.165, 1.54) is 6.42 Å². The molecule has 3 atom stereocenters. The Kier molecular flexibility index (Phi) is 3.87. The van der Waals surface area contributed by atoms with Gasteiger partial charge >= 0.3 is 0 Å². The molecule has 2 aliphatic rings. The maximum atomic E-state index is 11.8. The van der Waals surface area contributed by atoms with Crippen molar-refractivity contribution in [2.24, 2.45) is 5.92 Å². The molecule has 2 N–H and O–H groups in total. The topological polar surface area (TPSA) is 58.2 Å². The van der Waals surface area contributed by atoms with Gasteiger partial charge in [-0.15, -0.1) is 0 Å². The standard InChI is InChI=1S/C11H22N2O2S/c1-2-3-4-16(14,15)13-11-6-9-5-10(7-11)12-8-9/h9-13H,2-8H2,1H3. The Labute approximate surface area is 98.2 Å². The van der Waals surface area contributed by atoms with Gasteiger partial charge in [-0.25, -0.2) is 13.1 Å². The van der Waals surface area contributed by atoms with E-state index >= 15 is 0 Å². The number of nitrogens with one attached hydrogen (secondary N) is 2. The Balaban J connectivity index is 1.85. The number of hydrogen-bond donors (Lipinski definition) is 2. The summed E-state index contributed by atoms with van der Waals surface area (Å²) in [6.07, 6.45) is 4.88. The molecule has 1 aliphatic heterocycles. The van der Waals surface area contributed by atoms with E-state index < -0.39 is 10.0 Å². The van der Waals surface area contributed by atoms with Gasteiger partial charge in [0.05, 0.1) is 5.75 Å². The second kappa shape index (κ2) is 5.02. The molecule has 3 unspecified atom stereocenters. The highest BCUT2D eigenvalue weighted by atomic mass is 32.2. The van der Waals surface area contributed by atoms with E-state index in [0.29, 0.717) is 12.0 Å². The number of hydrogen-bond acceptors (Lipinski definition) is 3. The van der Waals surface area contributed by atoms with E-state index in [1.54, 1.807) is 0 Å². The molecule has 5 heteroatoms. The highest BCUT2D eigenvalue weighted by molar-refractivity contribution is 7.89. The highest BCUT2D eigenvalue weighted by Crippen LogP contribution is 2.29. The molecular weight excluding hydrogens is 224 g/mol. The predicted octanol–water partition coefficient (Wildman–Crippen LogP) is 0.846. The van der Waals surface area contributed by atoms with Crippen LogP contribution in [0.25, 0.3) is 0 Å². The van der Waals surface area contributed by atoms with E-state index in [0.717, 1.165) is 32.2 Å². The van der Waals surface area contributed by atoms with Gasteiger partial charge in [0.2, 0.25) is 10.0 Å². The molecule has 2 bridgehead atoms. The molecule has 94 valence electrons. The van der Waals surface area contributed by atoms with Crippen LogP contribution in [0.2, 0.25) is 0 Å². The molecule has 0 spiro atoms. The molecule has 0 aromatic rings. The fourth-order valence-electron chi connectivity index (χ4n) is 2.85. The summed E-state index contributed by atoms with van der Waals surface area (Å²) in [4.78, 5) is 0. The Morgan fingerprint density at radius 3 is 2.81 bits per heavy atom. The number of fused-ring (bicyclic) bond motifs is 2. The van der Waals surface area contributed by atoms with Crippen LogP contribution in [0.3, 0.4) is 0 Å². The van der Waals surface area contributed by atoms with E-state index in [2.05, 4.69) is 10.0 Å². The first kappa shape index (κ1) is 12.3. The first-order valence-corrected chi connectivity index (χ1v) is 7.97. The van der Waals surface area contributed by atoms with Crippen LogP contribution in [-0.4, -0.2) is 32.8 Å². The molecule has 16 heavy (non-hydrogen) atoms. The van der Waals surface area contributed by atoms with Crippen LogP contribution in [0.4, 0.5) is 0 Å². The zero-order chi connectivity index (χ0) is 11.6. The molecule has 1 saturated carbocycles. The molecule has 0 amide bonds. The van der Waals surface area contributed by atoms with Crippen molar-refractivity contribution in [1.82, 2.24) is 10.0 Å². The lowest BCUT2D eigenvalue weighted by atomic mass is 9.87. The number of rotatable bonds is 5. The zero-order valence-electron chi connectivity index (χ0n) is 9.91. The van der Waals surface area contributed by atoms with Crippen LogP contribution in [0.5, 0.6) is 0 Å². The average Bonchev–Trinajstić information content (AvgIpc) is 2.55. The van der Waals surface area contributed by atoms with Crippen molar-refractivity contribution in [2.75, 3.05) is 12.3 Å². The monoisotopic (exact) mass is 246 g/mol. The van der Waals surface area contributed by atoms with E-state index in [9.17, 15) is 8.42 Å². The number of sulfonamides is 1. The van der Waals surface area contributed by atoms with Gasteiger partial charge in [0.15, 0.2) is 0 Å². The summed E-state index contributed by atoms with van der Waals surface area (Å²) in [6, 6.07) is 0.707. The van der Waals surface area contributed by atoms with Gasteiger partial charge in [0.25, 0.3) is 0 Å². The largest absolute Gasteiger partial charge is 0.314 e. The Bertz CT molecular complexity index is 317. The maximum Gasteiger partial charge on any atom is 0.211 e. The van der Waals surface area contributed by atoms with Crippen molar-refractivity contribution >= 4 is 10.0 Å². The second-order valence-electron chi connectivity index (χ2n) is 5.17. The zero-order valence-corrected chi connectivity index (χ0v) is 10.7. The molecule has 1 saturated heterocycles. The molecule has 2 fully saturated rings. The van der Waals surface area contributed by atoms with Crippen LogP contribution < -0.4 is 10.0 Å².